The summed E-state index contributed by atoms with van der Waals surface area (Å²) in [6.07, 6.45) is 9.41. The van der Waals surface area contributed by atoms with E-state index in [0.717, 1.165) is 32.4 Å². The third-order valence-corrected chi connectivity index (χ3v) is 5.62. The lowest BCUT2D eigenvalue weighted by atomic mass is 9.93. The van der Waals surface area contributed by atoms with Crippen LogP contribution >= 0.6 is 0 Å². The average Bonchev–Trinajstić information content (AvgIpc) is 3.05. The van der Waals surface area contributed by atoms with Crippen molar-refractivity contribution in [3.05, 3.63) is 0 Å². The van der Waals surface area contributed by atoms with Gasteiger partial charge < -0.3 is 5.11 Å². The van der Waals surface area contributed by atoms with Gasteiger partial charge >= 0.3 is 5.97 Å². The van der Waals surface area contributed by atoms with Gasteiger partial charge in [0.05, 0.1) is 5.92 Å². The molecule has 0 aromatic rings. The number of nitrogens with zero attached hydrogens (tertiary/aromatic N) is 2. The third-order valence-electron chi connectivity index (χ3n) is 5.62. The van der Waals surface area contributed by atoms with E-state index in [4.69, 9.17) is 0 Å². The second-order valence-corrected chi connectivity index (χ2v) is 6.83. The van der Waals surface area contributed by atoms with Crippen LogP contribution in [0, 0.1) is 5.92 Å². The predicted molar refractivity (Wildman–Crippen MR) is 78.8 cm³/mol. The van der Waals surface area contributed by atoms with Crippen molar-refractivity contribution in [3.8, 4) is 0 Å². The highest BCUT2D eigenvalue weighted by Gasteiger charge is 2.38. The van der Waals surface area contributed by atoms with E-state index in [1.807, 2.05) is 0 Å². The molecule has 3 aliphatic rings. The molecule has 1 aliphatic carbocycles. The van der Waals surface area contributed by atoms with Gasteiger partial charge in [0.15, 0.2) is 0 Å². The Morgan fingerprint density at radius 3 is 2.35 bits per heavy atom. The second kappa shape index (κ2) is 6.44. The van der Waals surface area contributed by atoms with E-state index >= 15 is 0 Å². The second-order valence-electron chi connectivity index (χ2n) is 6.83. The normalized spacial score (nSPS) is 37.1. The Balaban J connectivity index is 1.63. The van der Waals surface area contributed by atoms with Gasteiger partial charge in [0.1, 0.15) is 0 Å². The summed E-state index contributed by atoms with van der Waals surface area (Å²) in [5, 5.41) is 9.53. The van der Waals surface area contributed by atoms with Crippen LogP contribution in [0.2, 0.25) is 0 Å². The topological polar surface area (TPSA) is 43.8 Å². The summed E-state index contributed by atoms with van der Waals surface area (Å²) < 4.78 is 0. The van der Waals surface area contributed by atoms with Crippen molar-refractivity contribution in [3.63, 3.8) is 0 Å². The van der Waals surface area contributed by atoms with Crippen molar-refractivity contribution >= 4 is 5.97 Å². The number of hydrogen-bond donors (Lipinski definition) is 1. The molecule has 2 aliphatic heterocycles. The molecule has 4 nitrogen and oxygen atoms in total. The minimum absolute atomic E-state index is 0.130. The maximum atomic E-state index is 11.6. The lowest BCUT2D eigenvalue weighted by Crippen LogP contribution is -2.44. The van der Waals surface area contributed by atoms with Gasteiger partial charge in [-0.15, -0.1) is 0 Å². The van der Waals surface area contributed by atoms with E-state index in [1.54, 1.807) is 0 Å². The summed E-state index contributed by atoms with van der Waals surface area (Å²) in [5.74, 6) is -0.698. The van der Waals surface area contributed by atoms with Gasteiger partial charge in [-0.2, -0.15) is 0 Å². The van der Waals surface area contributed by atoms with Crippen molar-refractivity contribution in [2.45, 2.75) is 63.5 Å². The molecule has 2 saturated heterocycles. The van der Waals surface area contributed by atoms with Crippen molar-refractivity contribution < 1.29 is 9.90 Å². The highest BCUT2D eigenvalue weighted by atomic mass is 16.4. The first-order valence-electron chi connectivity index (χ1n) is 8.46. The molecule has 3 atom stereocenters. The molecular formula is C16H28N2O2. The van der Waals surface area contributed by atoms with Crippen LogP contribution < -0.4 is 0 Å². The molecule has 3 fully saturated rings. The minimum atomic E-state index is -0.568. The van der Waals surface area contributed by atoms with Crippen molar-refractivity contribution in [1.82, 2.24) is 9.80 Å². The molecule has 114 valence electrons. The van der Waals surface area contributed by atoms with Crippen LogP contribution in [-0.4, -0.2) is 59.1 Å². The smallest absolute Gasteiger partial charge is 0.308 e. The summed E-state index contributed by atoms with van der Waals surface area (Å²) in [7, 11) is 0. The molecule has 0 amide bonds. The van der Waals surface area contributed by atoms with E-state index < -0.39 is 5.97 Å². The lowest BCUT2D eigenvalue weighted by molar-refractivity contribution is -0.144. The number of rotatable bonds is 3. The maximum Gasteiger partial charge on any atom is 0.308 e. The molecule has 0 aromatic heterocycles. The zero-order valence-electron chi connectivity index (χ0n) is 12.5. The van der Waals surface area contributed by atoms with Crippen LogP contribution in [0.25, 0.3) is 0 Å². The van der Waals surface area contributed by atoms with Crippen LogP contribution in [0.1, 0.15) is 51.4 Å². The molecule has 0 radical (unpaired) electrons. The summed E-state index contributed by atoms with van der Waals surface area (Å²) in [4.78, 5) is 16.7. The largest absolute Gasteiger partial charge is 0.481 e. The summed E-state index contributed by atoms with van der Waals surface area (Å²) in [5.41, 5.74) is 0. The zero-order chi connectivity index (χ0) is 13.9. The first kappa shape index (κ1) is 14.3. The Bertz CT molecular complexity index is 341. The standard InChI is InChI=1S/C16H28N2O2/c19-16(20)14-6-2-1-3-7-15(14)18-11-8-13(12-18)17-9-4-5-10-17/h13-15H,1-12H2,(H,19,20). The van der Waals surface area contributed by atoms with Crippen molar-refractivity contribution in [2.24, 2.45) is 5.92 Å². The van der Waals surface area contributed by atoms with Gasteiger partial charge in [0.25, 0.3) is 0 Å². The Morgan fingerprint density at radius 2 is 1.60 bits per heavy atom. The van der Waals surface area contributed by atoms with Crippen LogP contribution in [0.5, 0.6) is 0 Å². The molecule has 20 heavy (non-hydrogen) atoms. The Morgan fingerprint density at radius 1 is 0.850 bits per heavy atom. The molecule has 0 spiro atoms. The molecule has 2 heterocycles. The molecule has 1 N–H and O–H groups in total. The van der Waals surface area contributed by atoms with Crippen LogP contribution in [0.4, 0.5) is 0 Å². The summed E-state index contributed by atoms with van der Waals surface area (Å²) in [6, 6.07) is 0.984. The van der Waals surface area contributed by atoms with E-state index in [-0.39, 0.29) is 5.92 Å². The monoisotopic (exact) mass is 280 g/mol. The Labute approximate surface area is 122 Å². The first-order chi connectivity index (χ1) is 9.75. The number of carbonyl (C=O) groups is 1. The van der Waals surface area contributed by atoms with E-state index in [1.165, 1.54) is 45.2 Å². The molecule has 3 unspecified atom stereocenters. The highest BCUT2D eigenvalue weighted by Crippen LogP contribution is 2.31. The van der Waals surface area contributed by atoms with E-state index in [0.29, 0.717) is 12.1 Å². The van der Waals surface area contributed by atoms with Crippen LogP contribution in [-0.2, 0) is 4.79 Å². The fourth-order valence-electron chi connectivity index (χ4n) is 4.49. The third kappa shape index (κ3) is 3.01. The molecular weight excluding hydrogens is 252 g/mol. The number of likely N-dealkylation sites (tertiary alicyclic amines) is 2. The minimum Gasteiger partial charge on any atom is -0.481 e. The number of aliphatic carboxylic acids is 1. The van der Waals surface area contributed by atoms with Crippen LogP contribution in [0.3, 0.4) is 0 Å². The van der Waals surface area contributed by atoms with Gasteiger partial charge in [-0.25, -0.2) is 0 Å². The van der Waals surface area contributed by atoms with E-state index in [2.05, 4.69) is 9.80 Å². The molecule has 1 saturated carbocycles. The van der Waals surface area contributed by atoms with Crippen molar-refractivity contribution in [2.75, 3.05) is 26.2 Å². The Kier molecular flexibility index (Phi) is 4.61. The molecule has 0 bridgehead atoms. The fourth-order valence-corrected chi connectivity index (χ4v) is 4.49. The summed E-state index contributed by atoms with van der Waals surface area (Å²) in [6.45, 7) is 4.72. The average molecular weight is 280 g/mol. The number of carboxylic acids is 1. The summed E-state index contributed by atoms with van der Waals surface area (Å²) >= 11 is 0. The van der Waals surface area contributed by atoms with Gasteiger partial charge in [-0.05, 0) is 45.2 Å². The van der Waals surface area contributed by atoms with Gasteiger partial charge in [-0.1, -0.05) is 19.3 Å². The predicted octanol–water partition coefficient (Wildman–Crippen LogP) is 2.19. The molecule has 4 heteroatoms. The first-order valence-corrected chi connectivity index (χ1v) is 8.46. The van der Waals surface area contributed by atoms with Crippen molar-refractivity contribution in [1.29, 1.82) is 0 Å². The van der Waals surface area contributed by atoms with E-state index in [9.17, 15) is 9.90 Å². The van der Waals surface area contributed by atoms with Gasteiger partial charge in [0, 0.05) is 25.2 Å². The highest BCUT2D eigenvalue weighted by molar-refractivity contribution is 5.71. The zero-order valence-corrected chi connectivity index (χ0v) is 12.5. The Hall–Kier alpha value is -0.610. The lowest BCUT2D eigenvalue weighted by Gasteiger charge is -2.32. The maximum absolute atomic E-state index is 11.6. The molecule has 0 aromatic carbocycles. The number of carboxylic acid groups (broad SMARTS) is 1. The molecule has 3 rings (SSSR count). The van der Waals surface area contributed by atoms with Gasteiger partial charge in [-0.3, -0.25) is 14.6 Å². The quantitative estimate of drug-likeness (QED) is 0.805. The SMILES string of the molecule is O=C(O)C1CCCCCC1N1CCC(N2CCCC2)C1. The van der Waals surface area contributed by atoms with Crippen LogP contribution in [0.15, 0.2) is 0 Å². The fraction of sp³-hybridized carbons (Fsp3) is 0.938. The number of hydrogen-bond acceptors (Lipinski definition) is 3. The van der Waals surface area contributed by atoms with Gasteiger partial charge in [0.2, 0.25) is 0 Å².